The summed E-state index contributed by atoms with van der Waals surface area (Å²) in [4.78, 5) is 26.0. The van der Waals surface area contributed by atoms with Crippen molar-refractivity contribution in [3.05, 3.63) is 54.3 Å². The summed E-state index contributed by atoms with van der Waals surface area (Å²) in [6, 6.07) is 12.0. The third-order valence-corrected chi connectivity index (χ3v) is 4.31. The van der Waals surface area contributed by atoms with Gasteiger partial charge in [0.1, 0.15) is 0 Å². The molecule has 2 aromatic carbocycles. The van der Waals surface area contributed by atoms with Crippen LogP contribution in [-0.2, 0) is 9.53 Å². The highest BCUT2D eigenvalue weighted by atomic mass is 19.1. The summed E-state index contributed by atoms with van der Waals surface area (Å²) in [6.07, 6.45) is 0.241. The molecule has 3 amide bonds. The molecule has 28 heavy (non-hydrogen) atoms. The monoisotopic (exact) mass is 387 g/mol. The van der Waals surface area contributed by atoms with Crippen LogP contribution in [0.15, 0.2) is 48.5 Å². The van der Waals surface area contributed by atoms with E-state index in [1.165, 1.54) is 12.1 Å². The van der Waals surface area contributed by atoms with E-state index in [9.17, 15) is 14.0 Å². The van der Waals surface area contributed by atoms with E-state index >= 15 is 0 Å². The quantitative estimate of drug-likeness (QED) is 0.766. The number of urea groups is 1. The number of hydrogen-bond donors (Lipinski definition) is 2. The molecule has 1 saturated heterocycles. The minimum atomic E-state index is -0.498. The van der Waals surface area contributed by atoms with Gasteiger partial charge in [0.25, 0.3) is 0 Å². The summed E-state index contributed by atoms with van der Waals surface area (Å²) < 4.78 is 24.4. The first kappa shape index (κ1) is 19.6. The maximum absolute atomic E-state index is 13.8. The molecule has 1 aliphatic rings. The molecular formula is C20H22FN3O4. The predicted octanol–water partition coefficient (Wildman–Crippen LogP) is 2.99. The first-order valence-electron chi connectivity index (χ1n) is 8.92. The Labute approximate surface area is 162 Å². The SMILES string of the molecule is COCCN1C[C@H](NC(=O)Nc2ccccc2Oc2ccccc2F)CC1=O. The van der Waals surface area contributed by atoms with E-state index in [-0.39, 0.29) is 24.1 Å². The first-order valence-corrected chi connectivity index (χ1v) is 8.92. The zero-order valence-corrected chi connectivity index (χ0v) is 15.5. The average Bonchev–Trinajstić information content (AvgIpc) is 3.02. The van der Waals surface area contributed by atoms with Gasteiger partial charge in [0, 0.05) is 26.6 Å². The fraction of sp³-hybridized carbons (Fsp3) is 0.300. The molecule has 0 saturated carbocycles. The van der Waals surface area contributed by atoms with Crippen molar-refractivity contribution in [1.82, 2.24) is 10.2 Å². The standard InChI is InChI=1S/C20H22FN3O4/c1-27-11-10-24-13-14(12-19(24)25)22-20(26)23-16-7-3-5-9-18(16)28-17-8-4-2-6-15(17)21/h2-9,14H,10-13H2,1H3,(H2,22,23,26)/t14-/m1/s1. The van der Waals surface area contributed by atoms with Crippen molar-refractivity contribution in [3.63, 3.8) is 0 Å². The van der Waals surface area contributed by atoms with Crippen LogP contribution < -0.4 is 15.4 Å². The Morgan fingerprint density at radius 2 is 1.89 bits per heavy atom. The summed E-state index contributed by atoms with van der Waals surface area (Å²) in [5.74, 6) is -0.146. The van der Waals surface area contributed by atoms with Crippen molar-refractivity contribution in [3.8, 4) is 11.5 Å². The van der Waals surface area contributed by atoms with Crippen molar-refractivity contribution in [2.24, 2.45) is 0 Å². The van der Waals surface area contributed by atoms with Gasteiger partial charge in [0.05, 0.1) is 18.3 Å². The molecule has 1 fully saturated rings. The highest BCUT2D eigenvalue weighted by molar-refractivity contribution is 5.92. The van der Waals surface area contributed by atoms with Gasteiger partial charge in [-0.25, -0.2) is 9.18 Å². The Morgan fingerprint density at radius 3 is 2.64 bits per heavy atom. The number of ether oxygens (including phenoxy) is 2. The molecule has 0 unspecified atom stereocenters. The Balaban J connectivity index is 1.60. The van der Waals surface area contributed by atoms with E-state index in [4.69, 9.17) is 9.47 Å². The number of benzene rings is 2. The number of nitrogens with zero attached hydrogens (tertiary/aromatic N) is 1. The van der Waals surface area contributed by atoms with Crippen molar-refractivity contribution in [2.45, 2.75) is 12.5 Å². The third kappa shape index (κ3) is 4.98. The van der Waals surface area contributed by atoms with Gasteiger partial charge in [-0.1, -0.05) is 24.3 Å². The number of nitrogens with one attached hydrogen (secondary N) is 2. The van der Waals surface area contributed by atoms with Crippen molar-refractivity contribution < 1.29 is 23.5 Å². The van der Waals surface area contributed by atoms with Gasteiger partial charge in [-0.05, 0) is 24.3 Å². The molecule has 0 bridgehead atoms. The van der Waals surface area contributed by atoms with Crippen LogP contribution in [0.25, 0.3) is 0 Å². The Bertz CT molecular complexity index is 846. The lowest BCUT2D eigenvalue weighted by Crippen LogP contribution is -2.40. The van der Waals surface area contributed by atoms with E-state index in [0.29, 0.717) is 31.1 Å². The maximum atomic E-state index is 13.8. The lowest BCUT2D eigenvalue weighted by atomic mass is 10.2. The molecular weight excluding hydrogens is 365 g/mol. The van der Waals surface area contributed by atoms with Crippen molar-refractivity contribution in [2.75, 3.05) is 32.1 Å². The van der Waals surface area contributed by atoms with Gasteiger partial charge in [-0.15, -0.1) is 0 Å². The molecule has 0 spiro atoms. The van der Waals surface area contributed by atoms with E-state index in [0.717, 1.165) is 0 Å². The summed E-state index contributed by atoms with van der Waals surface area (Å²) in [5, 5.41) is 5.48. The summed E-state index contributed by atoms with van der Waals surface area (Å²) in [6.45, 7) is 1.38. The van der Waals surface area contributed by atoms with Crippen LogP contribution in [0.3, 0.4) is 0 Å². The number of rotatable bonds is 7. The molecule has 1 heterocycles. The van der Waals surface area contributed by atoms with Crippen LogP contribution in [0, 0.1) is 5.82 Å². The second-order valence-electron chi connectivity index (χ2n) is 6.36. The van der Waals surface area contributed by atoms with Gasteiger partial charge >= 0.3 is 6.03 Å². The molecule has 1 aliphatic heterocycles. The minimum Gasteiger partial charge on any atom is -0.452 e. The number of carbonyl (C=O) groups excluding carboxylic acids is 2. The zero-order chi connectivity index (χ0) is 19.9. The van der Waals surface area contributed by atoms with E-state index in [2.05, 4.69) is 10.6 Å². The zero-order valence-electron chi connectivity index (χ0n) is 15.5. The number of likely N-dealkylation sites (tertiary alicyclic amines) is 1. The van der Waals surface area contributed by atoms with Gasteiger partial charge < -0.3 is 25.0 Å². The number of para-hydroxylation sites is 3. The van der Waals surface area contributed by atoms with Crippen LogP contribution in [0.1, 0.15) is 6.42 Å². The van der Waals surface area contributed by atoms with Crippen molar-refractivity contribution in [1.29, 1.82) is 0 Å². The highest BCUT2D eigenvalue weighted by Crippen LogP contribution is 2.30. The summed E-state index contributed by atoms with van der Waals surface area (Å²) >= 11 is 0. The fourth-order valence-electron chi connectivity index (χ4n) is 2.94. The van der Waals surface area contributed by atoms with Gasteiger partial charge in [-0.3, -0.25) is 4.79 Å². The normalized spacial score (nSPS) is 16.1. The number of methoxy groups -OCH3 is 1. The maximum Gasteiger partial charge on any atom is 0.319 e. The first-order chi connectivity index (χ1) is 13.6. The molecule has 148 valence electrons. The lowest BCUT2D eigenvalue weighted by molar-refractivity contribution is -0.128. The largest absolute Gasteiger partial charge is 0.452 e. The van der Waals surface area contributed by atoms with E-state index in [1.54, 1.807) is 48.4 Å². The molecule has 8 heteroatoms. The molecule has 7 nitrogen and oxygen atoms in total. The number of hydrogen-bond acceptors (Lipinski definition) is 4. The van der Waals surface area contributed by atoms with Crippen LogP contribution in [0.5, 0.6) is 11.5 Å². The fourth-order valence-corrected chi connectivity index (χ4v) is 2.94. The van der Waals surface area contributed by atoms with Crippen LogP contribution in [0.4, 0.5) is 14.9 Å². The number of amides is 3. The molecule has 0 aliphatic carbocycles. The highest BCUT2D eigenvalue weighted by Gasteiger charge is 2.30. The lowest BCUT2D eigenvalue weighted by Gasteiger charge is -2.17. The molecule has 1 atom stereocenters. The molecule has 0 radical (unpaired) electrons. The van der Waals surface area contributed by atoms with Gasteiger partial charge in [0.2, 0.25) is 5.91 Å². The van der Waals surface area contributed by atoms with Gasteiger partial charge in [0.15, 0.2) is 17.3 Å². The van der Waals surface area contributed by atoms with Crippen LogP contribution in [-0.4, -0.2) is 49.7 Å². The Morgan fingerprint density at radius 1 is 1.18 bits per heavy atom. The second-order valence-corrected chi connectivity index (χ2v) is 6.36. The number of carbonyl (C=O) groups is 2. The molecule has 3 rings (SSSR count). The smallest absolute Gasteiger partial charge is 0.319 e. The van der Waals surface area contributed by atoms with Crippen molar-refractivity contribution >= 4 is 17.6 Å². The van der Waals surface area contributed by atoms with Crippen LogP contribution in [0.2, 0.25) is 0 Å². The molecule has 0 aromatic heterocycles. The third-order valence-electron chi connectivity index (χ3n) is 4.31. The van der Waals surface area contributed by atoms with E-state index in [1.807, 2.05) is 0 Å². The van der Waals surface area contributed by atoms with Crippen LogP contribution >= 0.6 is 0 Å². The predicted molar refractivity (Wildman–Crippen MR) is 102 cm³/mol. The molecule has 2 aromatic rings. The summed E-state index contributed by atoms with van der Waals surface area (Å²) in [5.41, 5.74) is 0.392. The molecule has 2 N–H and O–H groups in total. The Hall–Kier alpha value is -3.13. The number of anilines is 1. The second kappa shape index (κ2) is 9.18. The van der Waals surface area contributed by atoms with Gasteiger partial charge in [-0.2, -0.15) is 0 Å². The van der Waals surface area contributed by atoms with E-state index < -0.39 is 11.8 Å². The average molecular weight is 387 g/mol. The topological polar surface area (TPSA) is 79.9 Å². The minimum absolute atomic E-state index is 0.0226. The number of halogens is 1. The Kier molecular flexibility index (Phi) is 6.44. The summed E-state index contributed by atoms with van der Waals surface area (Å²) in [7, 11) is 1.57.